The highest BCUT2D eigenvalue weighted by Crippen LogP contribution is 2.26. The number of aromatic nitrogens is 2. The number of hydrogen-bond acceptors (Lipinski definition) is 7. The zero-order valence-electron chi connectivity index (χ0n) is 13.7. The number of aryl methyl sites for hydroxylation is 2. The lowest BCUT2D eigenvalue weighted by Gasteiger charge is -2.05. The molecule has 1 aromatic carbocycles. The van der Waals surface area contributed by atoms with E-state index < -0.39 is 5.91 Å². The average Bonchev–Trinajstić information content (AvgIpc) is 2.99. The van der Waals surface area contributed by atoms with Crippen molar-refractivity contribution in [3.8, 4) is 0 Å². The molecule has 25 heavy (non-hydrogen) atoms. The number of carbonyl (C=O) groups excluding carboxylic acids is 1. The summed E-state index contributed by atoms with van der Waals surface area (Å²) in [6.07, 6.45) is 1.76. The van der Waals surface area contributed by atoms with Crippen LogP contribution in [0.2, 0.25) is 0 Å². The van der Waals surface area contributed by atoms with Crippen molar-refractivity contribution in [1.82, 2.24) is 10.2 Å². The maximum Gasteiger partial charge on any atom is 0.293 e. The Hall–Kier alpha value is -2.45. The number of amides is 1. The number of anilines is 1. The summed E-state index contributed by atoms with van der Waals surface area (Å²) in [6.45, 7) is 7.39. The molecule has 0 radical (unpaired) electrons. The average molecular weight is 373 g/mol. The first-order chi connectivity index (χ1) is 12.0. The highest BCUT2D eigenvalue weighted by Gasteiger charge is 2.16. The van der Waals surface area contributed by atoms with Crippen LogP contribution in [0, 0.1) is 13.8 Å². The monoisotopic (exact) mass is 373 g/mol. The summed E-state index contributed by atoms with van der Waals surface area (Å²) in [5.74, 6) is 0.119. The van der Waals surface area contributed by atoms with Crippen LogP contribution < -0.4 is 10.7 Å². The Morgan fingerprint density at radius 2 is 2.16 bits per heavy atom. The Labute approximate surface area is 152 Å². The molecule has 3 aromatic rings. The van der Waals surface area contributed by atoms with Crippen molar-refractivity contribution in [2.24, 2.45) is 0 Å². The molecule has 0 atom stereocenters. The summed E-state index contributed by atoms with van der Waals surface area (Å²) in [7, 11) is 0. The first-order valence-corrected chi connectivity index (χ1v) is 9.22. The lowest BCUT2D eigenvalue weighted by molar-refractivity contribution is 0.0997. The molecule has 0 saturated heterocycles. The Bertz CT molecular complexity index is 1020. The maximum absolute atomic E-state index is 12.4. The van der Waals surface area contributed by atoms with Gasteiger partial charge in [-0.2, -0.15) is 0 Å². The third-order valence-electron chi connectivity index (χ3n) is 3.35. The zero-order valence-corrected chi connectivity index (χ0v) is 15.3. The quantitative estimate of drug-likeness (QED) is 0.416. The van der Waals surface area contributed by atoms with Crippen LogP contribution in [-0.2, 0) is 0 Å². The lowest BCUT2D eigenvalue weighted by atomic mass is 10.1. The lowest BCUT2D eigenvalue weighted by Crippen LogP contribution is -2.15. The second-order valence-corrected chi connectivity index (χ2v) is 7.60. The van der Waals surface area contributed by atoms with Gasteiger partial charge in [0.05, 0.1) is 5.39 Å². The van der Waals surface area contributed by atoms with Gasteiger partial charge in [0.1, 0.15) is 5.58 Å². The Morgan fingerprint density at radius 3 is 2.92 bits per heavy atom. The van der Waals surface area contributed by atoms with E-state index in [9.17, 15) is 9.59 Å². The fraction of sp³-hybridized carbons (Fsp3) is 0.176. The van der Waals surface area contributed by atoms with Crippen LogP contribution >= 0.6 is 23.1 Å². The smallest absolute Gasteiger partial charge is 0.293 e. The van der Waals surface area contributed by atoms with E-state index in [0.29, 0.717) is 21.9 Å². The van der Waals surface area contributed by atoms with Crippen molar-refractivity contribution < 1.29 is 9.21 Å². The fourth-order valence-electron chi connectivity index (χ4n) is 2.38. The standard InChI is InChI=1S/C17H15N3O3S2/c1-4-5-24-17-20-19-16(25-17)18-15(22)13-8-11(21)14-10(3)6-9(2)7-12(14)23-13/h4,6-8H,1,5H2,2-3H3,(H,18,19,22). The maximum atomic E-state index is 12.4. The van der Waals surface area contributed by atoms with Gasteiger partial charge in [-0.15, -0.1) is 16.8 Å². The van der Waals surface area contributed by atoms with Crippen LogP contribution in [-0.4, -0.2) is 21.9 Å². The molecule has 1 amide bonds. The van der Waals surface area contributed by atoms with Gasteiger partial charge in [-0.25, -0.2) is 0 Å². The Morgan fingerprint density at radius 1 is 1.36 bits per heavy atom. The van der Waals surface area contributed by atoms with Crippen molar-refractivity contribution in [2.45, 2.75) is 18.2 Å². The largest absolute Gasteiger partial charge is 0.451 e. The molecular weight excluding hydrogens is 358 g/mol. The zero-order chi connectivity index (χ0) is 18.0. The molecular formula is C17H15N3O3S2. The van der Waals surface area contributed by atoms with Crippen LogP contribution in [0.3, 0.4) is 0 Å². The number of nitrogens with zero attached hydrogens (tertiary/aromatic N) is 2. The number of benzene rings is 1. The summed E-state index contributed by atoms with van der Waals surface area (Å²) in [5.41, 5.74) is 1.93. The molecule has 0 aliphatic heterocycles. The second kappa shape index (κ2) is 7.20. The van der Waals surface area contributed by atoms with Gasteiger partial charge in [-0.3, -0.25) is 14.9 Å². The van der Waals surface area contributed by atoms with E-state index in [1.54, 1.807) is 12.1 Å². The predicted molar refractivity (Wildman–Crippen MR) is 101 cm³/mol. The Balaban J connectivity index is 1.88. The molecule has 2 heterocycles. The number of fused-ring (bicyclic) bond motifs is 1. The highest BCUT2D eigenvalue weighted by atomic mass is 32.2. The second-order valence-electron chi connectivity index (χ2n) is 5.36. The van der Waals surface area contributed by atoms with Gasteiger partial charge < -0.3 is 4.42 Å². The van der Waals surface area contributed by atoms with Gasteiger partial charge in [-0.05, 0) is 31.0 Å². The molecule has 0 bridgehead atoms. The minimum absolute atomic E-state index is 0.0574. The van der Waals surface area contributed by atoms with Gasteiger partial charge in [0.25, 0.3) is 5.91 Å². The van der Waals surface area contributed by atoms with Gasteiger partial charge in [-0.1, -0.05) is 35.2 Å². The highest BCUT2D eigenvalue weighted by molar-refractivity contribution is 8.01. The SMILES string of the molecule is C=CCSc1nnc(NC(=O)c2cc(=O)c3c(C)cc(C)cc3o2)s1. The Kier molecular flexibility index (Phi) is 5.00. The topological polar surface area (TPSA) is 85.1 Å². The van der Waals surface area contributed by atoms with Gasteiger partial charge in [0.15, 0.2) is 15.5 Å². The molecule has 0 spiro atoms. The van der Waals surface area contributed by atoms with Gasteiger partial charge in [0.2, 0.25) is 5.13 Å². The molecule has 1 N–H and O–H groups in total. The van der Waals surface area contributed by atoms with E-state index in [-0.39, 0.29) is 11.2 Å². The van der Waals surface area contributed by atoms with Crippen molar-refractivity contribution in [1.29, 1.82) is 0 Å². The molecule has 2 aromatic heterocycles. The fourth-order valence-corrected chi connectivity index (χ4v) is 3.89. The molecule has 3 rings (SSSR count). The van der Waals surface area contributed by atoms with Crippen LogP contribution in [0.25, 0.3) is 11.0 Å². The van der Waals surface area contributed by atoms with Crippen molar-refractivity contribution in [3.05, 3.63) is 58.0 Å². The molecule has 0 unspecified atom stereocenters. The van der Waals surface area contributed by atoms with Crippen LogP contribution in [0.15, 0.2) is 44.4 Å². The molecule has 6 nitrogen and oxygen atoms in total. The van der Waals surface area contributed by atoms with E-state index in [1.165, 1.54) is 29.2 Å². The van der Waals surface area contributed by atoms with Crippen LogP contribution in [0.5, 0.6) is 0 Å². The number of nitrogens with one attached hydrogen (secondary N) is 1. The normalized spacial score (nSPS) is 10.8. The summed E-state index contributed by atoms with van der Waals surface area (Å²) < 4.78 is 6.36. The molecule has 0 fully saturated rings. The van der Waals surface area contributed by atoms with Gasteiger partial charge >= 0.3 is 0 Å². The van der Waals surface area contributed by atoms with Crippen LogP contribution in [0.1, 0.15) is 21.7 Å². The molecule has 0 saturated carbocycles. The first-order valence-electron chi connectivity index (χ1n) is 7.41. The number of rotatable bonds is 5. The molecule has 8 heteroatoms. The first kappa shape index (κ1) is 17.4. The number of carbonyl (C=O) groups is 1. The third-order valence-corrected chi connectivity index (χ3v) is 5.32. The molecule has 0 aliphatic carbocycles. The van der Waals surface area contributed by atoms with Gasteiger partial charge in [0, 0.05) is 11.8 Å². The molecule has 128 valence electrons. The van der Waals surface area contributed by atoms with E-state index in [1.807, 2.05) is 19.9 Å². The van der Waals surface area contributed by atoms with Crippen LogP contribution in [0.4, 0.5) is 5.13 Å². The minimum atomic E-state index is -0.533. The summed E-state index contributed by atoms with van der Waals surface area (Å²) >= 11 is 2.72. The predicted octanol–water partition coefficient (Wildman–Crippen LogP) is 3.79. The summed E-state index contributed by atoms with van der Waals surface area (Å²) in [5, 5.41) is 11.3. The van der Waals surface area contributed by atoms with E-state index in [4.69, 9.17) is 4.42 Å². The van der Waals surface area contributed by atoms with Crippen molar-refractivity contribution >= 4 is 45.1 Å². The summed E-state index contributed by atoms with van der Waals surface area (Å²) in [4.78, 5) is 24.7. The van der Waals surface area contributed by atoms with Crippen molar-refractivity contribution in [2.75, 3.05) is 11.1 Å². The van der Waals surface area contributed by atoms with E-state index in [0.717, 1.165) is 15.5 Å². The third kappa shape index (κ3) is 3.80. The minimum Gasteiger partial charge on any atom is -0.451 e. The van der Waals surface area contributed by atoms with Crippen molar-refractivity contribution in [3.63, 3.8) is 0 Å². The van der Waals surface area contributed by atoms with E-state index >= 15 is 0 Å². The number of thioether (sulfide) groups is 1. The summed E-state index contributed by atoms with van der Waals surface area (Å²) in [6, 6.07) is 4.85. The van der Waals surface area contributed by atoms with E-state index in [2.05, 4.69) is 22.1 Å². The number of hydrogen-bond donors (Lipinski definition) is 1. The molecule has 0 aliphatic rings.